The van der Waals surface area contributed by atoms with Crippen molar-refractivity contribution in [3.63, 3.8) is 0 Å². The number of aliphatic hydroxyl groups excluding tert-OH is 3. The van der Waals surface area contributed by atoms with Crippen molar-refractivity contribution in [2.45, 2.75) is 269 Å². The van der Waals surface area contributed by atoms with Gasteiger partial charge >= 0.3 is 11.9 Å². The lowest BCUT2D eigenvalue weighted by Gasteiger charge is -2.40. The Morgan fingerprint density at radius 3 is 1.38 bits per heavy atom. The Hall–Kier alpha value is -2.39. The van der Waals surface area contributed by atoms with Crippen LogP contribution in [0, 0.1) is 0 Å². The lowest BCUT2D eigenvalue weighted by Crippen LogP contribution is -2.60. The van der Waals surface area contributed by atoms with Crippen molar-refractivity contribution in [3.05, 3.63) is 48.6 Å². The molecule has 0 saturated carbocycles. The number of unbranched alkanes of at least 4 members (excludes halogenated alkanes) is 26. The largest absolute Gasteiger partial charge is 0.462 e. The van der Waals surface area contributed by atoms with E-state index in [9.17, 15) is 37.9 Å². The summed E-state index contributed by atoms with van der Waals surface area (Å²) in [6, 6.07) is 0. The summed E-state index contributed by atoms with van der Waals surface area (Å²) in [5, 5.41) is 31.0. The molecule has 68 heavy (non-hydrogen) atoms. The molecule has 12 nitrogen and oxygen atoms in total. The molecule has 1 fully saturated rings. The van der Waals surface area contributed by atoms with E-state index in [0.717, 1.165) is 83.5 Å². The first kappa shape index (κ1) is 63.6. The van der Waals surface area contributed by atoms with Crippen LogP contribution in [0.25, 0.3) is 0 Å². The minimum Gasteiger partial charge on any atom is -0.462 e. The van der Waals surface area contributed by atoms with Crippen LogP contribution in [-0.2, 0) is 38.7 Å². The van der Waals surface area contributed by atoms with Crippen LogP contribution in [0.2, 0.25) is 0 Å². The summed E-state index contributed by atoms with van der Waals surface area (Å²) in [7, 11) is -4.61. The van der Waals surface area contributed by atoms with Crippen LogP contribution in [-0.4, -0.2) is 96.0 Å². The predicted molar refractivity (Wildman–Crippen MR) is 275 cm³/mol. The number of ether oxygens (including phenoxy) is 4. The Morgan fingerprint density at radius 1 is 0.515 bits per heavy atom. The van der Waals surface area contributed by atoms with Gasteiger partial charge in [0.2, 0.25) is 0 Å². The summed E-state index contributed by atoms with van der Waals surface area (Å²) in [5.41, 5.74) is 0. The molecular formula is C55H98O12S. The van der Waals surface area contributed by atoms with E-state index in [1.54, 1.807) is 0 Å². The highest BCUT2D eigenvalue weighted by Crippen LogP contribution is 2.24. The molecule has 6 unspecified atom stereocenters. The van der Waals surface area contributed by atoms with Gasteiger partial charge in [-0.2, -0.15) is 8.42 Å². The highest BCUT2D eigenvalue weighted by atomic mass is 32.2. The molecule has 0 bridgehead atoms. The van der Waals surface area contributed by atoms with Gasteiger partial charge in [0.05, 0.1) is 6.61 Å². The van der Waals surface area contributed by atoms with Crippen LogP contribution in [0.15, 0.2) is 48.6 Å². The van der Waals surface area contributed by atoms with Crippen molar-refractivity contribution >= 4 is 22.1 Å². The highest BCUT2D eigenvalue weighted by Gasteiger charge is 2.46. The standard InChI is InChI=1S/C55H98O12S/c1-3-5-7-9-11-13-15-17-19-21-23-24-26-27-29-31-33-35-37-39-41-43-50(56)64-45-48(46-65-55-54(60)53(59)52(58)49(67-55)47-68(61,62)63)66-51(57)44-42-40-38-36-34-32-30-28-25-22-20-18-16-14-12-10-8-6-4-2/h6,8,12,14,18,20,25,28,48-49,52-55,58-60H,3-5,7,9-11,13,15-17,19,21-24,26-27,29-47H2,1-2H3,(H,61,62,63)/b8-6-,14-12-,20-18-,28-25-. The fourth-order valence-electron chi connectivity index (χ4n) is 8.26. The normalized spacial score (nSPS) is 19.5. The number of carbonyl (C=O) groups excluding carboxylic acids is 2. The second kappa shape index (κ2) is 44.5. The van der Waals surface area contributed by atoms with Gasteiger partial charge < -0.3 is 34.3 Å². The first-order valence-electron chi connectivity index (χ1n) is 27.2. The van der Waals surface area contributed by atoms with Gasteiger partial charge in [0, 0.05) is 12.8 Å². The molecule has 0 radical (unpaired) electrons. The molecule has 0 aromatic rings. The summed E-state index contributed by atoms with van der Waals surface area (Å²) in [6.07, 6.45) is 45.8. The van der Waals surface area contributed by atoms with Crippen molar-refractivity contribution < 1.29 is 56.8 Å². The fourth-order valence-corrected chi connectivity index (χ4v) is 8.95. The predicted octanol–water partition coefficient (Wildman–Crippen LogP) is 12.7. The number of esters is 2. The SMILES string of the molecule is CC/C=C\C/C=C\C/C=C\C/C=C\CCCCCCCCC(=O)OC(COC(=O)CCCCCCCCCCCCCCCCCCCCCCC)COC1OC(CS(=O)(=O)O)C(O)C(O)C1O. The van der Waals surface area contributed by atoms with Crippen LogP contribution < -0.4 is 0 Å². The minimum atomic E-state index is -4.61. The number of hydrogen-bond donors (Lipinski definition) is 4. The molecule has 0 spiro atoms. The quantitative estimate of drug-likeness (QED) is 0.0196. The second-order valence-corrected chi connectivity index (χ2v) is 20.4. The van der Waals surface area contributed by atoms with Crippen molar-refractivity contribution in [2.24, 2.45) is 0 Å². The van der Waals surface area contributed by atoms with Gasteiger partial charge in [-0.1, -0.05) is 217 Å². The van der Waals surface area contributed by atoms with Crippen LogP contribution in [0.5, 0.6) is 0 Å². The number of allylic oxidation sites excluding steroid dienone is 8. The Balaban J connectivity index is 2.34. The van der Waals surface area contributed by atoms with Crippen molar-refractivity contribution in [2.75, 3.05) is 19.0 Å². The Labute approximate surface area is 413 Å². The molecule has 1 saturated heterocycles. The van der Waals surface area contributed by atoms with E-state index in [4.69, 9.17) is 18.9 Å². The fraction of sp³-hybridized carbons (Fsp3) is 0.818. The molecule has 6 atom stereocenters. The molecule has 13 heteroatoms. The lowest BCUT2D eigenvalue weighted by atomic mass is 10.00. The maximum absolute atomic E-state index is 12.9. The molecule has 0 aromatic heterocycles. The molecule has 0 amide bonds. The van der Waals surface area contributed by atoms with E-state index in [1.165, 1.54) is 109 Å². The topological polar surface area (TPSA) is 186 Å². The zero-order chi connectivity index (χ0) is 49.8. The number of rotatable bonds is 46. The summed E-state index contributed by atoms with van der Waals surface area (Å²) in [5.74, 6) is -1.99. The average Bonchev–Trinajstić information content (AvgIpc) is 3.31. The molecule has 0 aliphatic carbocycles. The monoisotopic (exact) mass is 983 g/mol. The van der Waals surface area contributed by atoms with Crippen LogP contribution >= 0.6 is 0 Å². The van der Waals surface area contributed by atoms with Gasteiger partial charge in [-0.05, 0) is 51.4 Å². The van der Waals surface area contributed by atoms with E-state index >= 15 is 0 Å². The van der Waals surface area contributed by atoms with E-state index in [2.05, 4.69) is 62.5 Å². The first-order chi connectivity index (χ1) is 33.0. The van der Waals surface area contributed by atoms with Crippen LogP contribution in [0.1, 0.15) is 232 Å². The molecule has 1 heterocycles. The summed E-state index contributed by atoms with van der Waals surface area (Å²) < 4.78 is 54.3. The Morgan fingerprint density at radius 2 is 0.926 bits per heavy atom. The van der Waals surface area contributed by atoms with Gasteiger partial charge in [0.1, 0.15) is 36.8 Å². The van der Waals surface area contributed by atoms with Crippen molar-refractivity contribution in [1.82, 2.24) is 0 Å². The van der Waals surface area contributed by atoms with E-state index in [-0.39, 0.29) is 19.4 Å². The summed E-state index contributed by atoms with van der Waals surface area (Å²) >= 11 is 0. The van der Waals surface area contributed by atoms with Gasteiger partial charge in [0.15, 0.2) is 12.4 Å². The van der Waals surface area contributed by atoms with E-state index in [0.29, 0.717) is 12.8 Å². The number of hydrogen-bond acceptors (Lipinski definition) is 11. The van der Waals surface area contributed by atoms with Gasteiger partial charge in [-0.3, -0.25) is 14.1 Å². The summed E-state index contributed by atoms with van der Waals surface area (Å²) in [6.45, 7) is 3.68. The van der Waals surface area contributed by atoms with E-state index in [1.807, 2.05) is 0 Å². The number of aliphatic hydroxyl groups is 3. The third kappa shape index (κ3) is 38.4. The molecule has 0 aromatic carbocycles. The second-order valence-electron chi connectivity index (χ2n) is 18.9. The molecule has 396 valence electrons. The Kier molecular flexibility index (Phi) is 41.7. The third-order valence-corrected chi connectivity index (χ3v) is 13.2. The maximum Gasteiger partial charge on any atom is 0.306 e. The highest BCUT2D eigenvalue weighted by molar-refractivity contribution is 7.85. The molecular weight excluding hydrogens is 885 g/mol. The Bertz CT molecular complexity index is 1430. The van der Waals surface area contributed by atoms with Gasteiger partial charge in [-0.15, -0.1) is 0 Å². The lowest BCUT2D eigenvalue weighted by molar-refractivity contribution is -0.297. The molecule has 1 aliphatic rings. The zero-order valence-corrected chi connectivity index (χ0v) is 43.5. The number of carbonyl (C=O) groups is 2. The zero-order valence-electron chi connectivity index (χ0n) is 42.7. The third-order valence-electron chi connectivity index (χ3n) is 12.4. The molecule has 4 N–H and O–H groups in total. The molecule has 1 rings (SSSR count). The van der Waals surface area contributed by atoms with Crippen molar-refractivity contribution in [3.8, 4) is 0 Å². The van der Waals surface area contributed by atoms with E-state index < -0.39 is 71.2 Å². The first-order valence-corrected chi connectivity index (χ1v) is 28.8. The summed E-state index contributed by atoms with van der Waals surface area (Å²) in [4.78, 5) is 25.6. The maximum atomic E-state index is 12.9. The minimum absolute atomic E-state index is 0.149. The van der Waals surface area contributed by atoms with Crippen LogP contribution in [0.3, 0.4) is 0 Å². The van der Waals surface area contributed by atoms with Crippen molar-refractivity contribution in [1.29, 1.82) is 0 Å². The average molecular weight is 983 g/mol. The van der Waals surface area contributed by atoms with Gasteiger partial charge in [0.25, 0.3) is 10.1 Å². The van der Waals surface area contributed by atoms with Crippen LogP contribution in [0.4, 0.5) is 0 Å². The smallest absolute Gasteiger partial charge is 0.306 e. The van der Waals surface area contributed by atoms with Gasteiger partial charge in [-0.25, -0.2) is 0 Å². The molecule has 1 aliphatic heterocycles.